The number of sulfonamides is 1. The Morgan fingerprint density at radius 1 is 1.22 bits per heavy atom. The number of nitrogens with one attached hydrogen (secondary N) is 1. The van der Waals surface area contributed by atoms with E-state index in [9.17, 15) is 16.8 Å². The molecule has 0 amide bonds. The minimum absolute atomic E-state index is 0.140. The van der Waals surface area contributed by atoms with Gasteiger partial charge in [0.2, 0.25) is 10.0 Å². The SMILES string of the molecule is CS(=O)(=O)CCS(=O)(=O)Nc1ccc(CN)cn1. The van der Waals surface area contributed by atoms with Crippen LogP contribution in [0.5, 0.6) is 0 Å². The van der Waals surface area contributed by atoms with E-state index in [1.807, 2.05) is 0 Å². The van der Waals surface area contributed by atoms with Gasteiger partial charge in [-0.1, -0.05) is 6.07 Å². The first-order valence-electron chi connectivity index (χ1n) is 5.05. The Balaban J connectivity index is 2.70. The highest BCUT2D eigenvalue weighted by atomic mass is 32.2. The normalized spacial score (nSPS) is 12.3. The molecule has 0 unspecified atom stereocenters. The van der Waals surface area contributed by atoms with Gasteiger partial charge >= 0.3 is 0 Å². The maximum atomic E-state index is 11.6. The average molecular weight is 293 g/mol. The van der Waals surface area contributed by atoms with Crippen LogP contribution < -0.4 is 10.5 Å². The first kappa shape index (κ1) is 14.9. The van der Waals surface area contributed by atoms with Gasteiger partial charge in [0, 0.05) is 19.0 Å². The molecular weight excluding hydrogens is 278 g/mol. The average Bonchev–Trinajstić information content (AvgIpc) is 2.26. The Labute approximate surface area is 106 Å². The number of pyridine rings is 1. The predicted molar refractivity (Wildman–Crippen MR) is 69.2 cm³/mol. The van der Waals surface area contributed by atoms with E-state index >= 15 is 0 Å². The zero-order valence-electron chi connectivity index (χ0n) is 9.83. The Kier molecular flexibility index (Phi) is 4.65. The molecule has 102 valence electrons. The van der Waals surface area contributed by atoms with Gasteiger partial charge in [-0.3, -0.25) is 4.72 Å². The fraction of sp³-hybridized carbons (Fsp3) is 0.444. The van der Waals surface area contributed by atoms with Gasteiger partial charge in [-0.05, 0) is 11.6 Å². The summed E-state index contributed by atoms with van der Waals surface area (Å²) in [7, 11) is -7.03. The van der Waals surface area contributed by atoms with Gasteiger partial charge in [0.15, 0.2) is 0 Å². The number of aromatic nitrogens is 1. The summed E-state index contributed by atoms with van der Waals surface area (Å²) in [5, 5.41) is 0. The van der Waals surface area contributed by atoms with Crippen LogP contribution in [0.1, 0.15) is 5.56 Å². The van der Waals surface area contributed by atoms with Gasteiger partial charge in [-0.15, -0.1) is 0 Å². The monoisotopic (exact) mass is 293 g/mol. The Bertz CT molecular complexity index is 593. The van der Waals surface area contributed by atoms with Crippen molar-refractivity contribution in [2.24, 2.45) is 5.73 Å². The minimum atomic E-state index is -3.71. The van der Waals surface area contributed by atoms with Crippen LogP contribution in [0, 0.1) is 0 Å². The second-order valence-corrected chi connectivity index (χ2v) is 7.91. The number of rotatable bonds is 6. The lowest BCUT2D eigenvalue weighted by Crippen LogP contribution is -2.22. The standard InChI is InChI=1S/C9H15N3O4S2/c1-17(13,14)4-5-18(15,16)12-9-3-2-8(6-10)7-11-9/h2-3,7H,4-6,10H2,1H3,(H,11,12). The van der Waals surface area contributed by atoms with E-state index in [1.54, 1.807) is 6.07 Å². The molecule has 0 aromatic carbocycles. The molecule has 0 aliphatic rings. The zero-order chi connectivity index (χ0) is 13.8. The Morgan fingerprint density at radius 3 is 2.33 bits per heavy atom. The smallest absolute Gasteiger partial charge is 0.234 e. The van der Waals surface area contributed by atoms with Gasteiger partial charge in [-0.25, -0.2) is 21.8 Å². The second kappa shape index (κ2) is 5.63. The highest BCUT2D eigenvalue weighted by Crippen LogP contribution is 2.07. The molecule has 0 spiro atoms. The third-order valence-electron chi connectivity index (χ3n) is 2.04. The third-order valence-corrected chi connectivity index (χ3v) is 4.51. The molecule has 0 radical (unpaired) electrons. The Morgan fingerprint density at radius 2 is 1.89 bits per heavy atom. The molecule has 1 aromatic heterocycles. The van der Waals surface area contributed by atoms with Crippen LogP contribution in [0.25, 0.3) is 0 Å². The van der Waals surface area contributed by atoms with Crippen molar-refractivity contribution >= 4 is 25.7 Å². The maximum Gasteiger partial charge on any atom is 0.234 e. The van der Waals surface area contributed by atoms with E-state index in [0.717, 1.165) is 11.8 Å². The lowest BCUT2D eigenvalue weighted by atomic mass is 10.3. The van der Waals surface area contributed by atoms with E-state index in [1.165, 1.54) is 12.3 Å². The van der Waals surface area contributed by atoms with Crippen LogP contribution in [-0.4, -0.2) is 39.6 Å². The summed E-state index contributed by atoms with van der Waals surface area (Å²) < 4.78 is 47.1. The highest BCUT2D eigenvalue weighted by Gasteiger charge is 2.14. The second-order valence-electron chi connectivity index (χ2n) is 3.81. The van der Waals surface area contributed by atoms with Gasteiger partial charge in [0.25, 0.3) is 0 Å². The third kappa shape index (κ3) is 5.43. The van der Waals surface area contributed by atoms with E-state index in [4.69, 9.17) is 5.73 Å². The first-order chi connectivity index (χ1) is 8.22. The van der Waals surface area contributed by atoms with Crippen LogP contribution in [0.2, 0.25) is 0 Å². The topological polar surface area (TPSA) is 119 Å². The van der Waals surface area contributed by atoms with Crippen molar-refractivity contribution in [1.29, 1.82) is 0 Å². The maximum absolute atomic E-state index is 11.6. The lowest BCUT2D eigenvalue weighted by molar-refractivity contribution is 0.593. The highest BCUT2D eigenvalue weighted by molar-refractivity contribution is 7.95. The molecule has 1 rings (SSSR count). The molecule has 1 aromatic rings. The molecule has 1 heterocycles. The summed E-state index contributed by atoms with van der Waals surface area (Å²) in [6, 6.07) is 3.11. The molecular formula is C9H15N3O4S2. The molecule has 18 heavy (non-hydrogen) atoms. The molecule has 0 aliphatic heterocycles. The molecule has 0 bridgehead atoms. The van der Waals surface area contributed by atoms with Crippen LogP contribution in [0.4, 0.5) is 5.82 Å². The van der Waals surface area contributed by atoms with Gasteiger partial charge in [-0.2, -0.15) is 0 Å². The molecule has 3 N–H and O–H groups in total. The van der Waals surface area contributed by atoms with Crippen molar-refractivity contribution in [2.75, 3.05) is 22.5 Å². The molecule has 7 nitrogen and oxygen atoms in total. The fourth-order valence-corrected chi connectivity index (χ4v) is 3.71. The van der Waals surface area contributed by atoms with Gasteiger partial charge < -0.3 is 5.73 Å². The van der Waals surface area contributed by atoms with E-state index in [0.29, 0.717) is 6.54 Å². The molecule has 0 fully saturated rings. The number of sulfone groups is 1. The summed E-state index contributed by atoms with van der Waals surface area (Å²) in [5.74, 6) is -0.782. The van der Waals surface area contributed by atoms with Gasteiger partial charge in [0.05, 0.1) is 11.5 Å². The number of anilines is 1. The molecule has 0 atom stereocenters. The van der Waals surface area contributed by atoms with E-state index < -0.39 is 31.4 Å². The number of hydrogen-bond donors (Lipinski definition) is 2. The van der Waals surface area contributed by atoms with Crippen LogP contribution >= 0.6 is 0 Å². The molecule has 9 heteroatoms. The minimum Gasteiger partial charge on any atom is -0.326 e. The van der Waals surface area contributed by atoms with Crippen molar-refractivity contribution in [2.45, 2.75) is 6.54 Å². The number of hydrogen-bond acceptors (Lipinski definition) is 6. The summed E-state index contributed by atoms with van der Waals surface area (Å²) >= 11 is 0. The lowest BCUT2D eigenvalue weighted by Gasteiger charge is -2.06. The molecule has 0 aliphatic carbocycles. The van der Waals surface area contributed by atoms with Crippen LogP contribution in [0.15, 0.2) is 18.3 Å². The van der Waals surface area contributed by atoms with E-state index in [2.05, 4.69) is 9.71 Å². The summed E-state index contributed by atoms with van der Waals surface area (Å²) in [6.45, 7) is 0.314. The van der Waals surface area contributed by atoms with Crippen molar-refractivity contribution in [3.8, 4) is 0 Å². The van der Waals surface area contributed by atoms with Crippen molar-refractivity contribution in [3.63, 3.8) is 0 Å². The number of nitrogens with two attached hydrogens (primary N) is 1. The van der Waals surface area contributed by atoms with Crippen molar-refractivity contribution in [3.05, 3.63) is 23.9 Å². The summed E-state index contributed by atoms with van der Waals surface area (Å²) in [6.07, 6.45) is 2.44. The summed E-state index contributed by atoms with van der Waals surface area (Å²) in [4.78, 5) is 3.86. The van der Waals surface area contributed by atoms with Crippen LogP contribution in [0.3, 0.4) is 0 Å². The first-order valence-corrected chi connectivity index (χ1v) is 8.76. The largest absolute Gasteiger partial charge is 0.326 e. The van der Waals surface area contributed by atoms with Crippen LogP contribution in [-0.2, 0) is 26.4 Å². The fourth-order valence-electron chi connectivity index (χ4n) is 1.08. The van der Waals surface area contributed by atoms with Crippen molar-refractivity contribution < 1.29 is 16.8 Å². The molecule has 0 saturated carbocycles. The summed E-state index contributed by atoms with van der Waals surface area (Å²) in [5.41, 5.74) is 6.15. The quantitative estimate of drug-likeness (QED) is 0.717. The van der Waals surface area contributed by atoms with E-state index in [-0.39, 0.29) is 5.82 Å². The van der Waals surface area contributed by atoms with Crippen molar-refractivity contribution in [1.82, 2.24) is 4.98 Å². The zero-order valence-corrected chi connectivity index (χ0v) is 11.5. The molecule has 0 saturated heterocycles. The Hall–Kier alpha value is -1.19. The number of nitrogens with zero attached hydrogens (tertiary/aromatic N) is 1. The van der Waals surface area contributed by atoms with Gasteiger partial charge in [0.1, 0.15) is 15.7 Å². The predicted octanol–water partition coefficient (Wildman–Crippen LogP) is -0.673.